The Morgan fingerprint density at radius 2 is 2.26 bits per heavy atom. The third-order valence-corrected chi connectivity index (χ3v) is 6.04. The molecule has 1 atom stereocenters. The van der Waals surface area contributed by atoms with Crippen LogP contribution in [0.25, 0.3) is 15.7 Å². The van der Waals surface area contributed by atoms with Crippen molar-refractivity contribution >= 4 is 44.6 Å². The Hall–Kier alpha value is -1.90. The lowest BCUT2D eigenvalue weighted by atomic mass is 10.1. The maximum absolute atomic E-state index is 12.9. The number of rotatable bonds is 4. The lowest BCUT2D eigenvalue weighted by Gasteiger charge is -2.23. The number of fused-ring (bicyclic) bond motifs is 3. The van der Waals surface area contributed by atoms with E-state index in [9.17, 15) is 9.59 Å². The molecule has 0 spiro atoms. The number of halogens is 1. The fourth-order valence-corrected chi connectivity index (χ4v) is 4.74. The van der Waals surface area contributed by atoms with Crippen LogP contribution in [0.4, 0.5) is 0 Å². The summed E-state index contributed by atoms with van der Waals surface area (Å²) in [6.45, 7) is 5.71. The molecule has 0 unspecified atom stereocenters. The van der Waals surface area contributed by atoms with Crippen molar-refractivity contribution in [3.63, 3.8) is 0 Å². The summed E-state index contributed by atoms with van der Waals surface area (Å²) in [6.07, 6.45) is 1.99. The molecule has 0 radical (unpaired) electrons. The Bertz CT molecular complexity index is 1060. The fraction of sp³-hybridized carbons (Fsp3) is 0.500. The van der Waals surface area contributed by atoms with E-state index < -0.39 is 0 Å². The molecule has 1 fully saturated rings. The quantitative estimate of drug-likeness (QED) is 0.695. The van der Waals surface area contributed by atoms with Gasteiger partial charge in [-0.25, -0.2) is 4.68 Å². The SMILES string of the molecule is CC(C)c1nn(CC(=O)N[C@@H]2CCCNC2)c(=O)c2cc3sc(Cl)cc3n12. The first-order valence-electron chi connectivity index (χ1n) is 9.15. The molecule has 0 aromatic carbocycles. The van der Waals surface area contributed by atoms with Gasteiger partial charge in [0.2, 0.25) is 5.91 Å². The molecule has 1 amide bonds. The van der Waals surface area contributed by atoms with E-state index in [4.69, 9.17) is 11.6 Å². The zero-order valence-electron chi connectivity index (χ0n) is 15.3. The molecule has 9 heteroatoms. The highest BCUT2D eigenvalue weighted by Crippen LogP contribution is 2.32. The van der Waals surface area contributed by atoms with Gasteiger partial charge in [-0.05, 0) is 31.5 Å². The van der Waals surface area contributed by atoms with Crippen molar-refractivity contribution in [2.75, 3.05) is 13.1 Å². The highest BCUT2D eigenvalue weighted by Gasteiger charge is 2.20. The normalized spacial score (nSPS) is 17.9. The van der Waals surface area contributed by atoms with Crippen LogP contribution in [-0.2, 0) is 11.3 Å². The second kappa shape index (κ2) is 7.26. The van der Waals surface area contributed by atoms with Crippen LogP contribution in [-0.4, -0.2) is 39.2 Å². The maximum Gasteiger partial charge on any atom is 0.291 e. The minimum atomic E-state index is -0.268. The Kier molecular flexibility index (Phi) is 4.96. The van der Waals surface area contributed by atoms with Crippen LogP contribution in [0.3, 0.4) is 0 Å². The van der Waals surface area contributed by atoms with Crippen molar-refractivity contribution in [3.8, 4) is 0 Å². The van der Waals surface area contributed by atoms with Gasteiger partial charge in [-0.2, -0.15) is 5.10 Å². The van der Waals surface area contributed by atoms with E-state index in [1.807, 2.05) is 30.4 Å². The second-order valence-corrected chi connectivity index (χ2v) is 8.97. The number of nitrogens with zero attached hydrogens (tertiary/aromatic N) is 3. The molecule has 4 rings (SSSR count). The summed E-state index contributed by atoms with van der Waals surface area (Å²) in [5, 5.41) is 10.8. The van der Waals surface area contributed by atoms with Gasteiger partial charge in [-0.1, -0.05) is 25.4 Å². The molecule has 144 valence electrons. The molecule has 3 aromatic rings. The van der Waals surface area contributed by atoms with Crippen molar-refractivity contribution in [2.45, 2.75) is 45.2 Å². The molecular formula is C18H22ClN5O2S. The summed E-state index contributed by atoms with van der Waals surface area (Å²) in [6, 6.07) is 3.80. The second-order valence-electron chi connectivity index (χ2n) is 7.25. The van der Waals surface area contributed by atoms with E-state index in [0.717, 1.165) is 42.0 Å². The highest BCUT2D eigenvalue weighted by molar-refractivity contribution is 7.22. The Morgan fingerprint density at radius 1 is 1.44 bits per heavy atom. The van der Waals surface area contributed by atoms with Crippen LogP contribution in [0.1, 0.15) is 38.4 Å². The molecule has 0 bridgehead atoms. The van der Waals surface area contributed by atoms with Gasteiger partial charge in [-0.15, -0.1) is 11.3 Å². The van der Waals surface area contributed by atoms with Crippen LogP contribution in [0.15, 0.2) is 16.9 Å². The Morgan fingerprint density at radius 3 is 2.96 bits per heavy atom. The van der Waals surface area contributed by atoms with Crippen molar-refractivity contribution < 1.29 is 4.79 Å². The Balaban J connectivity index is 1.71. The van der Waals surface area contributed by atoms with Gasteiger partial charge < -0.3 is 10.6 Å². The number of hydrogen-bond acceptors (Lipinski definition) is 5. The molecular weight excluding hydrogens is 386 g/mol. The van der Waals surface area contributed by atoms with E-state index in [0.29, 0.717) is 9.85 Å². The van der Waals surface area contributed by atoms with E-state index in [2.05, 4.69) is 15.7 Å². The number of carbonyl (C=O) groups is 1. The van der Waals surface area contributed by atoms with Crippen LogP contribution in [0.2, 0.25) is 4.34 Å². The summed E-state index contributed by atoms with van der Waals surface area (Å²) in [5.41, 5.74) is 1.15. The first kappa shape index (κ1) is 18.5. The van der Waals surface area contributed by atoms with Crippen molar-refractivity contribution in [1.29, 1.82) is 0 Å². The van der Waals surface area contributed by atoms with E-state index in [1.54, 1.807) is 0 Å². The molecule has 4 heterocycles. The minimum Gasteiger partial charge on any atom is -0.350 e. The first-order chi connectivity index (χ1) is 12.9. The average molecular weight is 408 g/mol. The van der Waals surface area contributed by atoms with Crippen LogP contribution in [0, 0.1) is 0 Å². The molecule has 3 aromatic heterocycles. The van der Waals surface area contributed by atoms with Gasteiger partial charge in [0.15, 0.2) is 0 Å². The van der Waals surface area contributed by atoms with Crippen LogP contribution < -0.4 is 16.2 Å². The monoisotopic (exact) mass is 407 g/mol. The molecule has 1 aliphatic heterocycles. The number of thiophene rings is 1. The molecule has 1 saturated heterocycles. The molecule has 2 N–H and O–H groups in total. The number of piperidine rings is 1. The molecule has 0 aliphatic carbocycles. The predicted octanol–water partition coefficient (Wildman–Crippen LogP) is 2.36. The van der Waals surface area contributed by atoms with E-state index in [-0.39, 0.29) is 30.0 Å². The van der Waals surface area contributed by atoms with Gasteiger partial charge in [0.25, 0.3) is 5.56 Å². The summed E-state index contributed by atoms with van der Waals surface area (Å²) >= 11 is 7.57. The predicted molar refractivity (Wildman–Crippen MR) is 108 cm³/mol. The number of aromatic nitrogens is 3. The van der Waals surface area contributed by atoms with E-state index >= 15 is 0 Å². The third-order valence-electron chi connectivity index (χ3n) is 4.84. The van der Waals surface area contributed by atoms with Gasteiger partial charge in [-0.3, -0.25) is 14.0 Å². The number of amides is 1. The lowest BCUT2D eigenvalue weighted by molar-refractivity contribution is -0.122. The highest BCUT2D eigenvalue weighted by atomic mass is 35.5. The number of carbonyl (C=O) groups excluding carboxylic acids is 1. The average Bonchev–Trinajstić information content (AvgIpc) is 3.14. The van der Waals surface area contributed by atoms with Crippen molar-refractivity contribution in [3.05, 3.63) is 32.6 Å². The van der Waals surface area contributed by atoms with Gasteiger partial charge in [0.1, 0.15) is 17.9 Å². The van der Waals surface area contributed by atoms with Crippen LogP contribution in [0.5, 0.6) is 0 Å². The van der Waals surface area contributed by atoms with Crippen molar-refractivity contribution in [2.24, 2.45) is 0 Å². The standard InChI is InChI=1S/C18H22ClN5O2S/c1-10(2)17-22-23(9-16(25)21-11-4-3-5-20-8-11)18(26)13-6-14-12(24(13)17)7-15(19)27-14/h6-7,10-11,20H,3-5,8-9H2,1-2H3,(H,21,25)/t11-/m1/s1. The summed E-state index contributed by atoms with van der Waals surface area (Å²) in [7, 11) is 0. The van der Waals surface area contributed by atoms with Crippen molar-refractivity contribution in [1.82, 2.24) is 24.8 Å². The maximum atomic E-state index is 12.9. The number of hydrogen-bond donors (Lipinski definition) is 2. The zero-order chi connectivity index (χ0) is 19.1. The number of nitrogens with one attached hydrogen (secondary N) is 2. The first-order valence-corrected chi connectivity index (χ1v) is 10.3. The minimum absolute atomic E-state index is 0.0782. The smallest absolute Gasteiger partial charge is 0.291 e. The fourth-order valence-electron chi connectivity index (χ4n) is 3.58. The van der Waals surface area contributed by atoms with Gasteiger partial charge >= 0.3 is 0 Å². The largest absolute Gasteiger partial charge is 0.350 e. The lowest BCUT2D eigenvalue weighted by Crippen LogP contribution is -2.47. The molecule has 7 nitrogen and oxygen atoms in total. The summed E-state index contributed by atoms with van der Waals surface area (Å²) < 4.78 is 4.76. The summed E-state index contributed by atoms with van der Waals surface area (Å²) in [5.74, 6) is 0.634. The Labute approximate surface area is 165 Å². The molecule has 27 heavy (non-hydrogen) atoms. The summed E-state index contributed by atoms with van der Waals surface area (Å²) in [4.78, 5) is 25.4. The topological polar surface area (TPSA) is 80.4 Å². The zero-order valence-corrected chi connectivity index (χ0v) is 16.9. The third kappa shape index (κ3) is 3.49. The molecule has 0 saturated carbocycles. The van der Waals surface area contributed by atoms with Gasteiger partial charge in [0.05, 0.1) is 14.6 Å². The van der Waals surface area contributed by atoms with Crippen LogP contribution >= 0.6 is 22.9 Å². The molecule has 1 aliphatic rings. The van der Waals surface area contributed by atoms with Gasteiger partial charge in [0, 0.05) is 18.5 Å². The van der Waals surface area contributed by atoms with E-state index in [1.165, 1.54) is 16.0 Å².